The highest BCUT2D eigenvalue weighted by Gasteiger charge is 2.25. The van der Waals surface area contributed by atoms with Gasteiger partial charge in [-0.25, -0.2) is 0 Å². The van der Waals surface area contributed by atoms with Gasteiger partial charge in [-0.1, -0.05) is 0 Å². The van der Waals surface area contributed by atoms with Crippen LogP contribution in [0.25, 0.3) is 0 Å². The second-order valence-corrected chi connectivity index (χ2v) is 6.57. The van der Waals surface area contributed by atoms with Crippen molar-refractivity contribution in [3.63, 3.8) is 0 Å². The second kappa shape index (κ2) is 8.14. The maximum atomic E-state index is 11.0. The number of rotatable bonds is 6. The van der Waals surface area contributed by atoms with E-state index in [1.165, 1.54) is 6.92 Å². The third-order valence-electron chi connectivity index (χ3n) is 4.30. The highest BCUT2D eigenvalue weighted by molar-refractivity contribution is 5.72. The number of nitrogens with zero attached hydrogens (tertiary/aromatic N) is 3. The third kappa shape index (κ3) is 4.92. The molecule has 7 nitrogen and oxygen atoms in total. The average molecular weight is 356 g/mol. The largest absolute Gasteiger partial charge is 0.506 e. The molecule has 138 valence electrons. The molecule has 1 aliphatic heterocycles. The molecule has 1 saturated heterocycles. The van der Waals surface area contributed by atoms with Crippen LogP contribution in [0.2, 0.25) is 0 Å². The zero-order valence-electron chi connectivity index (χ0n) is 15.1. The minimum Gasteiger partial charge on any atom is -0.506 e. The lowest BCUT2D eigenvalue weighted by Gasteiger charge is -2.17. The molecule has 0 spiro atoms. The molecule has 2 aromatic heterocycles. The first-order chi connectivity index (χ1) is 12.5. The van der Waals surface area contributed by atoms with E-state index in [0.29, 0.717) is 18.8 Å². The summed E-state index contributed by atoms with van der Waals surface area (Å²) in [5.74, 6) is 0.901. The van der Waals surface area contributed by atoms with Crippen LogP contribution >= 0.6 is 0 Å². The van der Waals surface area contributed by atoms with Crippen molar-refractivity contribution < 1.29 is 14.6 Å². The zero-order valence-corrected chi connectivity index (χ0v) is 15.1. The normalized spacial score (nSPS) is 17.2. The van der Waals surface area contributed by atoms with Gasteiger partial charge in [0.25, 0.3) is 0 Å². The van der Waals surface area contributed by atoms with Crippen molar-refractivity contribution in [2.75, 3.05) is 13.1 Å². The van der Waals surface area contributed by atoms with Gasteiger partial charge < -0.3 is 15.2 Å². The van der Waals surface area contributed by atoms with E-state index in [4.69, 9.17) is 4.74 Å². The van der Waals surface area contributed by atoms with E-state index < -0.39 is 0 Å². The standard InChI is InChI=1S/C19H24N4O3/c1-13-3-4-19(25)18(22-13)12-23-8-6-17(11-23)26-16-5-7-20-15(9-16)10-21-14(2)24/h3-5,7,9,17,25H,6,8,10-12H2,1-2H3,(H,21,24). The second-order valence-electron chi connectivity index (χ2n) is 6.57. The van der Waals surface area contributed by atoms with Crippen LogP contribution in [0.4, 0.5) is 0 Å². The van der Waals surface area contributed by atoms with E-state index in [1.807, 2.05) is 19.1 Å². The number of hydrogen-bond acceptors (Lipinski definition) is 6. The van der Waals surface area contributed by atoms with Crippen molar-refractivity contribution in [2.45, 2.75) is 39.5 Å². The summed E-state index contributed by atoms with van der Waals surface area (Å²) in [7, 11) is 0. The van der Waals surface area contributed by atoms with Crippen molar-refractivity contribution >= 4 is 5.91 Å². The van der Waals surface area contributed by atoms with Crippen LogP contribution < -0.4 is 10.1 Å². The summed E-state index contributed by atoms with van der Waals surface area (Å²) >= 11 is 0. The fourth-order valence-electron chi connectivity index (χ4n) is 3.00. The molecule has 0 saturated carbocycles. The molecule has 1 aliphatic rings. The van der Waals surface area contributed by atoms with E-state index >= 15 is 0 Å². The summed E-state index contributed by atoms with van der Waals surface area (Å²) in [5.41, 5.74) is 2.36. The Morgan fingerprint density at radius 2 is 2.27 bits per heavy atom. The fraction of sp³-hybridized carbons (Fsp3) is 0.421. The van der Waals surface area contributed by atoms with Crippen LogP contribution in [0.15, 0.2) is 30.5 Å². The van der Waals surface area contributed by atoms with Crippen molar-refractivity contribution in [2.24, 2.45) is 0 Å². The van der Waals surface area contributed by atoms with Gasteiger partial charge in [-0.15, -0.1) is 0 Å². The SMILES string of the molecule is CC(=O)NCc1cc(OC2CCN(Cc3nc(C)ccc3O)C2)ccn1. The maximum absolute atomic E-state index is 11.0. The number of pyridine rings is 2. The summed E-state index contributed by atoms with van der Waals surface area (Å²) in [5, 5.41) is 12.7. The topological polar surface area (TPSA) is 87.6 Å². The number of likely N-dealkylation sites (tertiary alicyclic amines) is 1. The Bertz CT molecular complexity index is 781. The van der Waals surface area contributed by atoms with Crippen molar-refractivity contribution in [3.8, 4) is 11.5 Å². The molecular weight excluding hydrogens is 332 g/mol. The lowest BCUT2D eigenvalue weighted by atomic mass is 10.2. The maximum Gasteiger partial charge on any atom is 0.217 e. The van der Waals surface area contributed by atoms with Crippen molar-refractivity contribution in [1.29, 1.82) is 0 Å². The van der Waals surface area contributed by atoms with E-state index in [0.717, 1.165) is 36.6 Å². The fourth-order valence-corrected chi connectivity index (χ4v) is 3.00. The third-order valence-corrected chi connectivity index (χ3v) is 4.30. The molecule has 1 fully saturated rings. The number of aryl methyl sites for hydroxylation is 1. The van der Waals surface area contributed by atoms with Crippen LogP contribution in [0.1, 0.15) is 30.4 Å². The summed E-state index contributed by atoms with van der Waals surface area (Å²) in [6, 6.07) is 7.17. The van der Waals surface area contributed by atoms with Crippen LogP contribution in [0, 0.1) is 6.92 Å². The Morgan fingerprint density at radius 3 is 3.08 bits per heavy atom. The predicted octanol–water partition coefficient (Wildman–Crippen LogP) is 1.78. The smallest absolute Gasteiger partial charge is 0.217 e. The van der Waals surface area contributed by atoms with Crippen LogP contribution in [-0.2, 0) is 17.9 Å². The Morgan fingerprint density at radius 1 is 1.42 bits per heavy atom. The Kier molecular flexibility index (Phi) is 5.68. The molecule has 0 aliphatic carbocycles. The van der Waals surface area contributed by atoms with Gasteiger partial charge in [0.2, 0.25) is 5.91 Å². The lowest BCUT2D eigenvalue weighted by Crippen LogP contribution is -2.25. The number of carbonyl (C=O) groups excluding carboxylic acids is 1. The first kappa shape index (κ1) is 18.1. The molecule has 0 bridgehead atoms. The van der Waals surface area contributed by atoms with Gasteiger partial charge in [0.1, 0.15) is 17.6 Å². The molecule has 1 atom stereocenters. The summed E-state index contributed by atoms with van der Waals surface area (Å²) in [6.45, 7) is 6.07. The van der Waals surface area contributed by atoms with Crippen molar-refractivity contribution in [3.05, 3.63) is 47.5 Å². The number of aromatic hydroxyl groups is 1. The van der Waals surface area contributed by atoms with Gasteiger partial charge in [-0.2, -0.15) is 0 Å². The summed E-state index contributed by atoms with van der Waals surface area (Å²) in [4.78, 5) is 21.9. The molecule has 1 unspecified atom stereocenters. The zero-order chi connectivity index (χ0) is 18.5. The highest BCUT2D eigenvalue weighted by Crippen LogP contribution is 2.22. The molecule has 2 aromatic rings. The Hall–Kier alpha value is -2.67. The van der Waals surface area contributed by atoms with E-state index in [1.54, 1.807) is 18.3 Å². The molecule has 26 heavy (non-hydrogen) atoms. The first-order valence-electron chi connectivity index (χ1n) is 8.73. The lowest BCUT2D eigenvalue weighted by molar-refractivity contribution is -0.119. The monoisotopic (exact) mass is 356 g/mol. The van der Waals surface area contributed by atoms with Crippen LogP contribution in [0.3, 0.4) is 0 Å². The number of carbonyl (C=O) groups is 1. The molecule has 7 heteroatoms. The summed E-state index contributed by atoms with van der Waals surface area (Å²) in [6.07, 6.45) is 2.68. The number of ether oxygens (including phenoxy) is 1. The molecular formula is C19H24N4O3. The predicted molar refractivity (Wildman–Crippen MR) is 96.7 cm³/mol. The molecule has 0 aromatic carbocycles. The van der Waals surface area contributed by atoms with Gasteiger partial charge in [0.05, 0.1) is 17.9 Å². The summed E-state index contributed by atoms with van der Waals surface area (Å²) < 4.78 is 6.07. The highest BCUT2D eigenvalue weighted by atomic mass is 16.5. The quantitative estimate of drug-likeness (QED) is 0.820. The molecule has 3 rings (SSSR count). The molecule has 1 amide bonds. The van der Waals surface area contributed by atoms with Gasteiger partial charge in [-0.05, 0) is 31.5 Å². The van der Waals surface area contributed by atoms with Gasteiger partial charge in [0.15, 0.2) is 0 Å². The Balaban J connectivity index is 1.55. The van der Waals surface area contributed by atoms with E-state index in [9.17, 15) is 9.90 Å². The van der Waals surface area contributed by atoms with E-state index in [2.05, 4.69) is 20.2 Å². The Labute approximate surface area is 153 Å². The number of aromatic nitrogens is 2. The first-order valence-corrected chi connectivity index (χ1v) is 8.73. The molecule has 0 radical (unpaired) electrons. The minimum atomic E-state index is -0.0856. The van der Waals surface area contributed by atoms with Gasteiger partial charge >= 0.3 is 0 Å². The van der Waals surface area contributed by atoms with Crippen LogP contribution in [-0.4, -0.2) is 45.1 Å². The number of amides is 1. The van der Waals surface area contributed by atoms with Gasteiger partial charge in [-0.3, -0.25) is 19.7 Å². The number of hydrogen-bond donors (Lipinski definition) is 2. The number of nitrogens with one attached hydrogen (secondary N) is 1. The van der Waals surface area contributed by atoms with Crippen molar-refractivity contribution in [1.82, 2.24) is 20.2 Å². The molecule has 3 heterocycles. The van der Waals surface area contributed by atoms with E-state index in [-0.39, 0.29) is 17.8 Å². The minimum absolute atomic E-state index is 0.0815. The molecule has 2 N–H and O–H groups in total. The van der Waals surface area contributed by atoms with Crippen LogP contribution in [0.5, 0.6) is 11.5 Å². The van der Waals surface area contributed by atoms with Gasteiger partial charge in [0, 0.05) is 44.5 Å². The average Bonchev–Trinajstić information content (AvgIpc) is 3.03.